The van der Waals surface area contributed by atoms with Gasteiger partial charge in [0.15, 0.2) is 5.69 Å². The first-order chi connectivity index (χ1) is 10.7. The molecule has 1 aromatic heterocycles. The summed E-state index contributed by atoms with van der Waals surface area (Å²) in [4.78, 5) is 11.8. The van der Waals surface area contributed by atoms with E-state index < -0.39 is 17.8 Å². The first-order valence-corrected chi connectivity index (χ1v) is 8.25. The Morgan fingerprint density at radius 1 is 1.35 bits per heavy atom. The average Bonchev–Trinajstić information content (AvgIpc) is 2.84. The highest BCUT2D eigenvalue weighted by Gasteiger charge is 2.47. The van der Waals surface area contributed by atoms with Gasteiger partial charge in [0.25, 0.3) is 5.92 Å². The molecule has 7 heteroatoms. The van der Waals surface area contributed by atoms with Crippen LogP contribution in [0.5, 0.6) is 0 Å². The lowest BCUT2D eigenvalue weighted by Crippen LogP contribution is -2.32. The monoisotopic (exact) mass is 329 g/mol. The SMILES string of the molecule is CC(C)OC(=O)CC1CCCCc2c(nnn2C(C)C)C1(F)F. The van der Waals surface area contributed by atoms with Crippen molar-refractivity contribution >= 4 is 5.97 Å². The fraction of sp³-hybridized carbons (Fsp3) is 0.812. The van der Waals surface area contributed by atoms with Gasteiger partial charge < -0.3 is 4.74 Å². The minimum atomic E-state index is -3.17. The summed E-state index contributed by atoms with van der Waals surface area (Å²) in [6.45, 7) is 7.20. The van der Waals surface area contributed by atoms with Crippen LogP contribution in [-0.2, 0) is 21.9 Å². The smallest absolute Gasteiger partial charge is 0.306 e. The van der Waals surface area contributed by atoms with Crippen molar-refractivity contribution in [3.05, 3.63) is 11.4 Å². The second kappa shape index (κ2) is 6.93. The number of carbonyl (C=O) groups is 1. The molecule has 1 aliphatic rings. The Morgan fingerprint density at radius 2 is 2.04 bits per heavy atom. The average molecular weight is 329 g/mol. The molecule has 130 valence electrons. The second-order valence-electron chi connectivity index (χ2n) is 6.73. The van der Waals surface area contributed by atoms with Gasteiger partial charge in [-0.3, -0.25) is 4.79 Å². The first-order valence-electron chi connectivity index (χ1n) is 8.25. The van der Waals surface area contributed by atoms with Gasteiger partial charge in [-0.05, 0) is 47.0 Å². The lowest BCUT2D eigenvalue weighted by atomic mass is 9.86. The minimum Gasteiger partial charge on any atom is -0.463 e. The number of alkyl halides is 2. The summed E-state index contributed by atoms with van der Waals surface area (Å²) in [5, 5.41) is 7.67. The molecule has 0 aliphatic heterocycles. The number of esters is 1. The summed E-state index contributed by atoms with van der Waals surface area (Å²) in [6.07, 6.45) is 1.67. The number of aromatic nitrogens is 3. The second-order valence-corrected chi connectivity index (χ2v) is 6.73. The molecular formula is C16H25F2N3O2. The zero-order valence-corrected chi connectivity index (χ0v) is 14.2. The Morgan fingerprint density at radius 3 is 2.65 bits per heavy atom. The molecular weight excluding hydrogens is 304 g/mol. The van der Waals surface area contributed by atoms with E-state index >= 15 is 0 Å². The minimum absolute atomic E-state index is 0.0224. The van der Waals surface area contributed by atoms with Crippen LogP contribution in [0.25, 0.3) is 0 Å². The van der Waals surface area contributed by atoms with Crippen LogP contribution in [0.1, 0.15) is 70.8 Å². The molecule has 1 aliphatic carbocycles. The molecule has 1 unspecified atom stereocenters. The summed E-state index contributed by atoms with van der Waals surface area (Å²) in [6, 6.07) is -0.0224. The molecule has 1 atom stereocenters. The maximum Gasteiger partial charge on any atom is 0.306 e. The van der Waals surface area contributed by atoms with Gasteiger partial charge in [0.2, 0.25) is 0 Å². The van der Waals surface area contributed by atoms with E-state index in [-0.39, 0.29) is 30.7 Å². The van der Waals surface area contributed by atoms with Gasteiger partial charge in [0.05, 0.1) is 18.2 Å². The number of ether oxygens (including phenoxy) is 1. The summed E-state index contributed by atoms with van der Waals surface area (Å²) < 4.78 is 36.5. The van der Waals surface area contributed by atoms with Gasteiger partial charge in [-0.15, -0.1) is 5.10 Å². The lowest BCUT2D eigenvalue weighted by molar-refractivity contribution is -0.154. The highest BCUT2D eigenvalue weighted by molar-refractivity contribution is 5.70. The fourth-order valence-corrected chi connectivity index (χ4v) is 3.02. The van der Waals surface area contributed by atoms with Gasteiger partial charge in [0.1, 0.15) is 0 Å². The van der Waals surface area contributed by atoms with Crippen molar-refractivity contribution < 1.29 is 18.3 Å². The molecule has 0 aromatic carbocycles. The predicted octanol–water partition coefficient (Wildman–Crippen LogP) is 3.64. The Balaban J connectivity index is 2.30. The van der Waals surface area contributed by atoms with Crippen molar-refractivity contribution in [1.29, 1.82) is 0 Å². The number of hydrogen-bond donors (Lipinski definition) is 0. The number of halogens is 2. The van der Waals surface area contributed by atoms with Gasteiger partial charge in [-0.25, -0.2) is 4.68 Å². The van der Waals surface area contributed by atoms with E-state index in [9.17, 15) is 13.6 Å². The zero-order chi connectivity index (χ0) is 17.2. The summed E-state index contributed by atoms with van der Waals surface area (Å²) in [5.41, 5.74) is 0.222. The molecule has 1 heterocycles. The molecule has 0 spiro atoms. The number of carbonyl (C=O) groups excluding carboxylic acids is 1. The maximum atomic E-state index is 15.0. The van der Waals surface area contributed by atoms with Crippen LogP contribution in [0, 0.1) is 5.92 Å². The highest BCUT2D eigenvalue weighted by Crippen LogP contribution is 2.43. The van der Waals surface area contributed by atoms with Gasteiger partial charge >= 0.3 is 5.97 Å². The fourth-order valence-electron chi connectivity index (χ4n) is 3.02. The van der Waals surface area contributed by atoms with E-state index in [1.807, 2.05) is 13.8 Å². The summed E-state index contributed by atoms with van der Waals surface area (Å²) in [5.74, 6) is -4.84. The van der Waals surface area contributed by atoms with E-state index in [0.717, 1.165) is 6.42 Å². The number of fused-ring (bicyclic) bond motifs is 1. The molecule has 0 N–H and O–H groups in total. The van der Waals surface area contributed by atoms with Crippen molar-refractivity contribution in [3.63, 3.8) is 0 Å². The van der Waals surface area contributed by atoms with Crippen LogP contribution in [-0.4, -0.2) is 27.1 Å². The third-order valence-electron chi connectivity index (χ3n) is 4.10. The Kier molecular flexibility index (Phi) is 5.37. The van der Waals surface area contributed by atoms with Crippen molar-refractivity contribution in [3.8, 4) is 0 Å². The molecule has 0 radical (unpaired) electrons. The molecule has 0 amide bonds. The first kappa shape index (κ1) is 17.8. The molecule has 2 rings (SSSR count). The molecule has 0 saturated heterocycles. The van der Waals surface area contributed by atoms with Crippen LogP contribution in [0.15, 0.2) is 0 Å². The predicted molar refractivity (Wildman–Crippen MR) is 81.2 cm³/mol. The van der Waals surface area contributed by atoms with E-state index in [1.54, 1.807) is 18.5 Å². The van der Waals surface area contributed by atoms with Crippen LogP contribution >= 0.6 is 0 Å². The van der Waals surface area contributed by atoms with Crippen molar-refractivity contribution in [2.75, 3.05) is 0 Å². The number of hydrogen-bond acceptors (Lipinski definition) is 4. The van der Waals surface area contributed by atoms with E-state index in [2.05, 4.69) is 10.3 Å². The van der Waals surface area contributed by atoms with Crippen LogP contribution in [0.4, 0.5) is 8.78 Å². The summed E-state index contributed by atoms with van der Waals surface area (Å²) in [7, 11) is 0. The van der Waals surface area contributed by atoms with Crippen molar-refractivity contribution in [1.82, 2.24) is 15.0 Å². The standard InChI is InChI=1S/C16H25F2N3O2/c1-10(2)21-13-8-6-5-7-12(9-14(22)23-11(3)4)16(17,18)15(13)19-20-21/h10-12H,5-9H2,1-4H3. The van der Waals surface area contributed by atoms with E-state index in [0.29, 0.717) is 18.5 Å². The topological polar surface area (TPSA) is 57.0 Å². The molecule has 23 heavy (non-hydrogen) atoms. The van der Waals surface area contributed by atoms with Crippen LogP contribution in [0.3, 0.4) is 0 Å². The Labute approximate surface area is 135 Å². The largest absolute Gasteiger partial charge is 0.463 e. The van der Waals surface area contributed by atoms with Gasteiger partial charge in [-0.1, -0.05) is 11.6 Å². The molecule has 5 nitrogen and oxygen atoms in total. The Hall–Kier alpha value is -1.53. The number of nitrogens with zero attached hydrogens (tertiary/aromatic N) is 3. The number of rotatable bonds is 4. The molecule has 0 saturated carbocycles. The third-order valence-corrected chi connectivity index (χ3v) is 4.10. The molecule has 1 aromatic rings. The van der Waals surface area contributed by atoms with Crippen LogP contribution < -0.4 is 0 Å². The third kappa shape index (κ3) is 3.87. The van der Waals surface area contributed by atoms with Crippen molar-refractivity contribution in [2.24, 2.45) is 5.92 Å². The van der Waals surface area contributed by atoms with Gasteiger partial charge in [0, 0.05) is 12.0 Å². The quantitative estimate of drug-likeness (QED) is 0.792. The lowest BCUT2D eigenvalue weighted by Gasteiger charge is -2.28. The normalized spacial score (nSPS) is 21.0. The summed E-state index contributed by atoms with van der Waals surface area (Å²) >= 11 is 0. The van der Waals surface area contributed by atoms with Crippen LogP contribution in [0.2, 0.25) is 0 Å². The maximum absolute atomic E-state index is 15.0. The van der Waals surface area contributed by atoms with Gasteiger partial charge in [-0.2, -0.15) is 8.78 Å². The van der Waals surface area contributed by atoms with E-state index in [4.69, 9.17) is 4.74 Å². The molecule has 0 bridgehead atoms. The Bertz CT molecular complexity index is 556. The molecule has 0 fully saturated rings. The highest BCUT2D eigenvalue weighted by atomic mass is 19.3. The van der Waals surface area contributed by atoms with E-state index in [1.165, 1.54) is 0 Å². The van der Waals surface area contributed by atoms with Crippen molar-refractivity contribution in [2.45, 2.75) is 77.9 Å². The zero-order valence-electron chi connectivity index (χ0n) is 14.2.